The van der Waals surface area contributed by atoms with E-state index in [1.807, 2.05) is 0 Å². The Morgan fingerprint density at radius 1 is 1.64 bits per heavy atom. The lowest BCUT2D eigenvalue weighted by atomic mass is 10.2. The van der Waals surface area contributed by atoms with E-state index in [1.165, 1.54) is 12.5 Å². The molecule has 0 saturated carbocycles. The number of rotatable bonds is 2. The lowest BCUT2D eigenvalue weighted by molar-refractivity contribution is -0.130. The van der Waals surface area contributed by atoms with Gasteiger partial charge < -0.3 is 5.11 Å². The van der Waals surface area contributed by atoms with Crippen molar-refractivity contribution >= 4 is 11.5 Å². The molecule has 5 heteroatoms. The molecule has 0 atom stereocenters. The summed E-state index contributed by atoms with van der Waals surface area (Å²) in [7, 11) is 0. The highest BCUT2D eigenvalue weighted by atomic mass is 16.4. The van der Waals surface area contributed by atoms with Gasteiger partial charge in [0.2, 0.25) is 0 Å². The molecule has 0 bridgehead atoms. The van der Waals surface area contributed by atoms with Crippen LogP contribution in [0.3, 0.4) is 0 Å². The normalized spacial score (nSPS) is 9.09. The molecule has 5 nitrogen and oxygen atoms in total. The van der Waals surface area contributed by atoms with Crippen LogP contribution in [0.5, 0.6) is 0 Å². The van der Waals surface area contributed by atoms with E-state index in [2.05, 4.69) is 21.8 Å². The maximum absolute atomic E-state index is 10.3. The van der Waals surface area contributed by atoms with Gasteiger partial charge in [0.15, 0.2) is 0 Å². The zero-order chi connectivity index (χ0) is 8.27. The van der Waals surface area contributed by atoms with Crippen molar-refractivity contribution in [1.29, 1.82) is 0 Å². The molecule has 0 aliphatic carbocycles. The predicted molar refractivity (Wildman–Crippen MR) is 36.5 cm³/mol. The average molecular weight is 151 g/mol. The zero-order valence-corrected chi connectivity index (χ0v) is 5.56. The minimum atomic E-state index is -1.12. The van der Waals surface area contributed by atoms with Crippen LogP contribution in [-0.2, 0) is 4.79 Å². The summed E-state index contributed by atoms with van der Waals surface area (Å²) in [5, 5.41) is 15.4. The summed E-state index contributed by atoms with van der Waals surface area (Å²) >= 11 is 0. The fraction of sp³-hybridized carbons (Fsp3) is 0. The molecule has 0 amide bonds. The Balaban J connectivity index is 2.95. The molecule has 0 aliphatic rings. The van der Waals surface area contributed by atoms with Crippen molar-refractivity contribution in [2.24, 2.45) is 0 Å². The van der Waals surface area contributed by atoms with Crippen molar-refractivity contribution in [1.82, 2.24) is 15.2 Å². The first kappa shape index (κ1) is 7.33. The fourth-order valence-electron chi connectivity index (χ4n) is 0.495. The van der Waals surface area contributed by atoms with E-state index in [0.717, 1.165) is 0 Å². The van der Waals surface area contributed by atoms with Crippen molar-refractivity contribution in [2.75, 3.05) is 0 Å². The lowest BCUT2D eigenvalue weighted by Gasteiger charge is -1.94. The first-order valence-electron chi connectivity index (χ1n) is 2.77. The maximum Gasteiger partial charge on any atom is 0.337 e. The number of hydrogen-bond acceptors (Lipinski definition) is 4. The van der Waals surface area contributed by atoms with Gasteiger partial charge in [0.25, 0.3) is 0 Å². The highest BCUT2D eigenvalue weighted by Gasteiger charge is 2.07. The molecule has 11 heavy (non-hydrogen) atoms. The third-order valence-corrected chi connectivity index (χ3v) is 1.05. The molecule has 0 fully saturated rings. The van der Waals surface area contributed by atoms with Crippen LogP contribution in [0.15, 0.2) is 19.1 Å². The summed E-state index contributed by atoms with van der Waals surface area (Å²) < 4.78 is 0. The fourth-order valence-corrected chi connectivity index (χ4v) is 0.495. The highest BCUT2D eigenvalue weighted by molar-refractivity contribution is 6.13. The molecular formula is C6H5N3O2. The number of carboxylic acid groups (broad SMARTS) is 1. The number of aromatic nitrogens is 3. The Hall–Kier alpha value is -1.78. The van der Waals surface area contributed by atoms with Crippen molar-refractivity contribution in [3.63, 3.8) is 0 Å². The second-order valence-electron chi connectivity index (χ2n) is 1.78. The summed E-state index contributed by atoms with van der Waals surface area (Å²) in [4.78, 5) is 13.9. The largest absolute Gasteiger partial charge is 0.478 e. The predicted octanol–water partition coefficient (Wildman–Crippen LogP) is -0.0306. The van der Waals surface area contributed by atoms with Crippen LogP contribution in [-0.4, -0.2) is 26.3 Å². The summed E-state index contributed by atoms with van der Waals surface area (Å²) in [6, 6.07) is 0. The van der Waals surface area contributed by atoms with Crippen LogP contribution >= 0.6 is 0 Å². The molecule has 0 radical (unpaired) electrons. The van der Waals surface area contributed by atoms with Crippen LogP contribution in [0.4, 0.5) is 0 Å². The first-order valence-corrected chi connectivity index (χ1v) is 2.77. The SMILES string of the molecule is C=C(C(=O)O)c1cncnn1. The quantitative estimate of drug-likeness (QED) is 0.600. The summed E-state index contributed by atoms with van der Waals surface area (Å²) in [6.45, 7) is 3.28. The molecule has 0 aromatic carbocycles. The van der Waals surface area contributed by atoms with Crippen LogP contribution in [0, 0.1) is 0 Å². The third kappa shape index (κ3) is 1.57. The van der Waals surface area contributed by atoms with Gasteiger partial charge in [-0.25, -0.2) is 9.78 Å². The standard InChI is InChI=1S/C6H5N3O2/c1-4(6(10)11)5-2-7-3-8-9-5/h2-3H,1H2,(H,10,11). The molecule has 0 saturated heterocycles. The Morgan fingerprint density at radius 3 is 2.82 bits per heavy atom. The second-order valence-corrected chi connectivity index (χ2v) is 1.78. The number of nitrogens with zero attached hydrogens (tertiary/aromatic N) is 3. The van der Waals surface area contributed by atoms with Gasteiger partial charge in [-0.2, -0.15) is 0 Å². The first-order chi connectivity index (χ1) is 5.22. The van der Waals surface area contributed by atoms with Crippen molar-refractivity contribution in [3.8, 4) is 0 Å². The second kappa shape index (κ2) is 2.87. The van der Waals surface area contributed by atoms with E-state index in [1.54, 1.807) is 0 Å². The Bertz CT molecular complexity index is 283. The molecular weight excluding hydrogens is 146 g/mol. The molecule has 0 unspecified atom stereocenters. The lowest BCUT2D eigenvalue weighted by Crippen LogP contribution is -2.01. The Labute approximate surface area is 62.4 Å². The summed E-state index contributed by atoms with van der Waals surface area (Å²) in [5.74, 6) is -1.12. The van der Waals surface area contributed by atoms with Crippen LogP contribution in [0.25, 0.3) is 5.57 Å². The minimum Gasteiger partial charge on any atom is -0.478 e. The third-order valence-electron chi connectivity index (χ3n) is 1.05. The average Bonchev–Trinajstić information content (AvgIpc) is 2.05. The maximum atomic E-state index is 10.3. The highest BCUT2D eigenvalue weighted by Crippen LogP contribution is 2.04. The molecule has 1 rings (SSSR count). The van der Waals surface area contributed by atoms with E-state index in [4.69, 9.17) is 5.11 Å². The van der Waals surface area contributed by atoms with Gasteiger partial charge in [0.1, 0.15) is 12.0 Å². The van der Waals surface area contributed by atoms with E-state index in [-0.39, 0.29) is 11.3 Å². The van der Waals surface area contributed by atoms with Gasteiger partial charge in [-0.3, -0.25) is 0 Å². The van der Waals surface area contributed by atoms with Crippen LogP contribution in [0.2, 0.25) is 0 Å². The van der Waals surface area contributed by atoms with Crippen LogP contribution < -0.4 is 0 Å². The van der Waals surface area contributed by atoms with Gasteiger partial charge in [-0.05, 0) is 0 Å². The van der Waals surface area contributed by atoms with Crippen molar-refractivity contribution in [3.05, 3.63) is 24.8 Å². The van der Waals surface area contributed by atoms with E-state index >= 15 is 0 Å². The topological polar surface area (TPSA) is 76.0 Å². The van der Waals surface area contributed by atoms with Gasteiger partial charge in [0, 0.05) is 0 Å². The van der Waals surface area contributed by atoms with Gasteiger partial charge >= 0.3 is 5.97 Å². The number of carboxylic acids is 1. The number of hydrogen-bond donors (Lipinski definition) is 1. The van der Waals surface area contributed by atoms with E-state index < -0.39 is 5.97 Å². The number of carbonyl (C=O) groups is 1. The molecule has 1 aromatic rings. The molecule has 1 heterocycles. The Morgan fingerprint density at radius 2 is 2.36 bits per heavy atom. The van der Waals surface area contributed by atoms with E-state index in [0.29, 0.717) is 0 Å². The zero-order valence-electron chi connectivity index (χ0n) is 5.56. The van der Waals surface area contributed by atoms with Gasteiger partial charge in [-0.15, -0.1) is 10.2 Å². The monoisotopic (exact) mass is 151 g/mol. The van der Waals surface area contributed by atoms with Crippen molar-refractivity contribution < 1.29 is 9.90 Å². The van der Waals surface area contributed by atoms with Gasteiger partial charge in [0.05, 0.1) is 11.8 Å². The van der Waals surface area contributed by atoms with Gasteiger partial charge in [-0.1, -0.05) is 6.58 Å². The minimum absolute atomic E-state index is 0.106. The summed E-state index contributed by atoms with van der Waals surface area (Å²) in [6.07, 6.45) is 2.52. The summed E-state index contributed by atoms with van der Waals surface area (Å²) in [5.41, 5.74) is 0.0746. The molecule has 56 valence electrons. The molecule has 1 aromatic heterocycles. The van der Waals surface area contributed by atoms with Crippen molar-refractivity contribution in [2.45, 2.75) is 0 Å². The smallest absolute Gasteiger partial charge is 0.337 e. The van der Waals surface area contributed by atoms with Crippen LogP contribution in [0.1, 0.15) is 5.69 Å². The molecule has 1 N–H and O–H groups in total. The Kier molecular flexibility index (Phi) is 1.91. The molecule has 0 spiro atoms. The molecule has 0 aliphatic heterocycles. The van der Waals surface area contributed by atoms with E-state index in [9.17, 15) is 4.79 Å². The number of aliphatic carboxylic acids is 1.